The monoisotopic (exact) mass is 485 g/mol. The second-order valence-electron chi connectivity index (χ2n) is 9.23. The van der Waals surface area contributed by atoms with Gasteiger partial charge in [0.15, 0.2) is 0 Å². The third-order valence-electron chi connectivity index (χ3n) is 6.84. The molecule has 1 unspecified atom stereocenters. The molecule has 0 amide bonds. The van der Waals surface area contributed by atoms with E-state index in [1.54, 1.807) is 25.1 Å². The zero-order valence-electron chi connectivity index (χ0n) is 21.3. The highest BCUT2D eigenvalue weighted by atomic mass is 19.1. The van der Waals surface area contributed by atoms with Crippen molar-refractivity contribution in [3.63, 3.8) is 0 Å². The minimum absolute atomic E-state index is 0.0686. The summed E-state index contributed by atoms with van der Waals surface area (Å²) in [5, 5.41) is 9.89. The molecule has 0 bridgehead atoms. The Hall–Kier alpha value is -3.70. The summed E-state index contributed by atoms with van der Waals surface area (Å²) in [5.41, 5.74) is 8.57. The van der Waals surface area contributed by atoms with Crippen LogP contribution in [0.1, 0.15) is 59.8 Å². The molecule has 1 heterocycles. The van der Waals surface area contributed by atoms with Gasteiger partial charge in [-0.05, 0) is 90.9 Å². The van der Waals surface area contributed by atoms with Crippen LogP contribution in [0.5, 0.6) is 0 Å². The number of carbonyl (C=O) groups is 1. The molecule has 0 saturated carbocycles. The van der Waals surface area contributed by atoms with Crippen molar-refractivity contribution in [2.45, 2.75) is 46.8 Å². The van der Waals surface area contributed by atoms with Crippen LogP contribution in [0.2, 0.25) is 0 Å². The highest BCUT2D eigenvalue weighted by molar-refractivity contribution is 6.00. The Labute approximate surface area is 212 Å². The topological polar surface area (TPSA) is 49.8 Å². The Morgan fingerprint density at radius 3 is 2.58 bits per heavy atom. The number of anilines is 1. The molecule has 1 aliphatic heterocycles. The summed E-state index contributed by atoms with van der Waals surface area (Å²) in [7, 11) is 0. The van der Waals surface area contributed by atoms with Gasteiger partial charge in [0, 0.05) is 17.8 Å². The Morgan fingerprint density at radius 1 is 1.17 bits per heavy atom. The summed E-state index contributed by atoms with van der Waals surface area (Å²) >= 11 is 0. The lowest BCUT2D eigenvalue weighted by Gasteiger charge is -2.23. The molecule has 4 nitrogen and oxygen atoms in total. The van der Waals surface area contributed by atoms with E-state index in [-0.39, 0.29) is 12.4 Å². The van der Waals surface area contributed by atoms with Crippen LogP contribution in [-0.2, 0) is 11.3 Å². The average Bonchev–Trinajstić information content (AvgIpc) is 3.23. The summed E-state index contributed by atoms with van der Waals surface area (Å²) < 4.78 is 19.3. The molecule has 36 heavy (non-hydrogen) atoms. The number of nitrogens with zero attached hydrogens (tertiary/aromatic N) is 1. The van der Waals surface area contributed by atoms with Crippen LogP contribution in [0, 0.1) is 12.7 Å². The lowest BCUT2D eigenvalue weighted by atomic mass is 9.99. The number of hydrogen-bond donors (Lipinski definition) is 1. The van der Waals surface area contributed by atoms with Crippen LogP contribution in [0.25, 0.3) is 22.4 Å². The number of halogens is 1. The Morgan fingerprint density at radius 2 is 1.89 bits per heavy atom. The van der Waals surface area contributed by atoms with Crippen LogP contribution in [0.4, 0.5) is 10.1 Å². The molecular weight excluding hydrogens is 453 g/mol. The van der Waals surface area contributed by atoms with Crippen LogP contribution in [0.15, 0.2) is 67.3 Å². The molecule has 1 N–H and O–H groups in total. The molecule has 1 aliphatic rings. The maximum absolute atomic E-state index is 13.9. The number of aliphatic hydroxyl groups excluding tert-OH is 1. The van der Waals surface area contributed by atoms with Gasteiger partial charge in [0.25, 0.3) is 0 Å². The quantitative estimate of drug-likeness (QED) is 0.361. The van der Waals surface area contributed by atoms with E-state index < -0.39 is 12.1 Å². The molecule has 3 aromatic carbocycles. The molecular formula is C31H32FNO3. The summed E-state index contributed by atoms with van der Waals surface area (Å²) in [6, 6.07) is 16.8. The van der Waals surface area contributed by atoms with E-state index in [1.807, 2.05) is 30.9 Å². The number of benzene rings is 3. The minimum Gasteiger partial charge on any atom is -0.459 e. The van der Waals surface area contributed by atoms with Crippen molar-refractivity contribution in [2.24, 2.45) is 0 Å². The Kier molecular flexibility index (Phi) is 7.41. The third kappa shape index (κ3) is 4.98. The van der Waals surface area contributed by atoms with Crippen molar-refractivity contribution in [1.82, 2.24) is 0 Å². The van der Waals surface area contributed by atoms with E-state index in [9.17, 15) is 14.3 Å². The van der Waals surface area contributed by atoms with E-state index >= 15 is 0 Å². The number of allylic oxidation sites excluding steroid dienone is 2. The number of carbonyl (C=O) groups excluding carboxylic acids is 1. The molecule has 186 valence electrons. The zero-order chi connectivity index (χ0) is 26.0. The van der Waals surface area contributed by atoms with Crippen LogP contribution in [0.3, 0.4) is 0 Å². The number of esters is 1. The SMILES string of the molecule is C=C1c2cc(/C(C)=C/C)ccc2CN1c1cc(-c2ccc(F)c(C)c2)ccc1C(=O)OCC(O)CC. The first-order chi connectivity index (χ1) is 17.2. The second kappa shape index (κ2) is 10.5. The number of fused-ring (bicyclic) bond motifs is 1. The van der Waals surface area contributed by atoms with Gasteiger partial charge in [-0.1, -0.05) is 43.8 Å². The van der Waals surface area contributed by atoms with Crippen LogP contribution in [-0.4, -0.2) is 23.8 Å². The van der Waals surface area contributed by atoms with Gasteiger partial charge in [-0.3, -0.25) is 0 Å². The van der Waals surface area contributed by atoms with Gasteiger partial charge in [-0.15, -0.1) is 0 Å². The molecule has 4 rings (SSSR count). The molecule has 0 aromatic heterocycles. The van der Waals surface area contributed by atoms with Crippen molar-refractivity contribution >= 4 is 22.9 Å². The minimum atomic E-state index is -0.710. The predicted octanol–water partition coefficient (Wildman–Crippen LogP) is 7.14. The molecule has 0 fully saturated rings. The Bertz CT molecular complexity index is 1360. The van der Waals surface area contributed by atoms with Gasteiger partial charge in [-0.25, -0.2) is 9.18 Å². The van der Waals surface area contributed by atoms with Gasteiger partial charge in [0.05, 0.1) is 17.4 Å². The van der Waals surface area contributed by atoms with Crippen molar-refractivity contribution in [3.8, 4) is 11.1 Å². The Balaban J connectivity index is 1.77. The highest BCUT2D eigenvalue weighted by Gasteiger charge is 2.28. The van der Waals surface area contributed by atoms with E-state index in [2.05, 4.69) is 37.8 Å². The molecule has 0 aliphatic carbocycles. The molecule has 1 atom stereocenters. The second-order valence-corrected chi connectivity index (χ2v) is 9.23. The first-order valence-electron chi connectivity index (χ1n) is 12.2. The smallest absolute Gasteiger partial charge is 0.340 e. The molecule has 5 heteroatoms. The van der Waals surface area contributed by atoms with E-state index in [1.165, 1.54) is 11.6 Å². The van der Waals surface area contributed by atoms with Gasteiger partial charge >= 0.3 is 5.97 Å². The number of hydrogen-bond acceptors (Lipinski definition) is 4. The van der Waals surface area contributed by atoms with Crippen molar-refractivity contribution in [3.05, 3.63) is 101 Å². The molecule has 0 spiro atoms. The molecule has 0 radical (unpaired) electrons. The standard InChI is InChI=1S/C31H32FNO3/c1-6-19(3)22-8-9-25-17-33(21(5)28(25)15-22)30-16-24(23-11-13-29(32)20(4)14-23)10-12-27(30)31(35)36-18-26(34)7-2/h6,8-16,26,34H,5,7,17-18H2,1-4H3/b19-6+. The summed E-state index contributed by atoms with van der Waals surface area (Å²) in [6.45, 7) is 12.5. The average molecular weight is 486 g/mol. The van der Waals surface area contributed by atoms with Gasteiger partial charge in [0.1, 0.15) is 12.4 Å². The van der Waals surface area contributed by atoms with Crippen LogP contribution < -0.4 is 4.90 Å². The fraction of sp³-hybridized carbons (Fsp3) is 0.258. The number of aryl methyl sites for hydroxylation is 1. The van der Waals surface area contributed by atoms with Gasteiger partial charge < -0.3 is 14.7 Å². The fourth-order valence-electron chi connectivity index (χ4n) is 4.34. The summed E-state index contributed by atoms with van der Waals surface area (Å²) in [4.78, 5) is 15.1. The van der Waals surface area contributed by atoms with E-state index in [0.29, 0.717) is 29.8 Å². The number of ether oxygens (including phenoxy) is 1. The molecule has 3 aromatic rings. The number of aliphatic hydroxyl groups is 1. The summed E-state index contributed by atoms with van der Waals surface area (Å²) in [6.07, 6.45) is 1.86. The van der Waals surface area contributed by atoms with E-state index in [0.717, 1.165) is 33.5 Å². The summed E-state index contributed by atoms with van der Waals surface area (Å²) in [5.74, 6) is -0.766. The van der Waals surface area contributed by atoms with Crippen molar-refractivity contribution in [2.75, 3.05) is 11.5 Å². The predicted molar refractivity (Wildman–Crippen MR) is 144 cm³/mol. The lowest BCUT2D eigenvalue weighted by Crippen LogP contribution is -2.21. The van der Waals surface area contributed by atoms with Crippen LogP contribution >= 0.6 is 0 Å². The lowest BCUT2D eigenvalue weighted by molar-refractivity contribution is 0.0251. The number of rotatable bonds is 7. The van der Waals surface area contributed by atoms with Gasteiger partial charge in [0.2, 0.25) is 0 Å². The van der Waals surface area contributed by atoms with E-state index in [4.69, 9.17) is 4.74 Å². The largest absolute Gasteiger partial charge is 0.459 e. The highest BCUT2D eigenvalue weighted by Crippen LogP contribution is 2.40. The maximum Gasteiger partial charge on any atom is 0.340 e. The van der Waals surface area contributed by atoms with Crippen molar-refractivity contribution < 1.29 is 19.0 Å². The molecule has 0 saturated heterocycles. The fourth-order valence-corrected chi connectivity index (χ4v) is 4.34. The maximum atomic E-state index is 13.9. The first-order valence-corrected chi connectivity index (χ1v) is 12.2. The van der Waals surface area contributed by atoms with Gasteiger partial charge in [-0.2, -0.15) is 0 Å². The van der Waals surface area contributed by atoms with Crippen molar-refractivity contribution in [1.29, 1.82) is 0 Å². The normalized spacial score (nSPS) is 14.1. The first kappa shape index (κ1) is 25.4. The zero-order valence-corrected chi connectivity index (χ0v) is 21.3. The third-order valence-corrected chi connectivity index (χ3v) is 6.84.